The summed E-state index contributed by atoms with van der Waals surface area (Å²) in [6.45, 7) is 0.962. The van der Waals surface area contributed by atoms with Crippen molar-refractivity contribution in [2.75, 3.05) is 13.2 Å². The molecule has 2 aromatic heterocycles. The number of aliphatic hydroxyl groups excluding tert-OH is 1. The Hall–Kier alpha value is -1.31. The van der Waals surface area contributed by atoms with Gasteiger partial charge in [-0.15, -0.1) is 0 Å². The largest absolute Gasteiger partial charge is 0.392 e. The molecule has 0 radical (unpaired) electrons. The van der Waals surface area contributed by atoms with E-state index < -0.39 is 6.10 Å². The highest BCUT2D eigenvalue weighted by atomic mass is 79.9. The topological polar surface area (TPSA) is 81.3 Å². The second-order valence-corrected chi connectivity index (χ2v) is 5.27. The number of hydrogen-bond acceptors (Lipinski definition) is 6. The smallest absolute Gasteiger partial charge is 0.235 e. The third-order valence-corrected chi connectivity index (χ3v) is 3.50. The molecule has 0 spiro atoms. The van der Waals surface area contributed by atoms with Crippen LogP contribution in [0.2, 0.25) is 0 Å². The van der Waals surface area contributed by atoms with Crippen LogP contribution in [0.5, 0.6) is 0 Å². The van der Waals surface area contributed by atoms with Crippen LogP contribution in [0.25, 0.3) is 11.5 Å². The number of ether oxygens (including phenoxy) is 1. The van der Waals surface area contributed by atoms with E-state index in [4.69, 9.17) is 9.26 Å². The van der Waals surface area contributed by atoms with Crippen LogP contribution in [-0.4, -0.2) is 39.5 Å². The first kappa shape index (κ1) is 12.7. The van der Waals surface area contributed by atoms with E-state index in [2.05, 4.69) is 31.1 Å². The summed E-state index contributed by atoms with van der Waals surface area (Å²) in [7, 11) is 0. The van der Waals surface area contributed by atoms with Gasteiger partial charge in [-0.05, 0) is 34.5 Å². The van der Waals surface area contributed by atoms with Gasteiger partial charge in [0.2, 0.25) is 11.7 Å². The fourth-order valence-electron chi connectivity index (χ4n) is 1.96. The molecule has 6 nitrogen and oxygen atoms in total. The van der Waals surface area contributed by atoms with Crippen LogP contribution in [-0.2, 0) is 4.74 Å². The third kappa shape index (κ3) is 2.68. The minimum Gasteiger partial charge on any atom is -0.392 e. The van der Waals surface area contributed by atoms with Crippen molar-refractivity contribution >= 4 is 15.9 Å². The Bertz CT molecular complexity index is 558. The zero-order chi connectivity index (χ0) is 13.2. The quantitative estimate of drug-likeness (QED) is 0.906. The van der Waals surface area contributed by atoms with E-state index in [0.29, 0.717) is 37.0 Å². The highest BCUT2D eigenvalue weighted by Crippen LogP contribution is 2.26. The third-order valence-electron chi connectivity index (χ3n) is 3.04. The van der Waals surface area contributed by atoms with Crippen molar-refractivity contribution in [3.63, 3.8) is 0 Å². The van der Waals surface area contributed by atoms with Gasteiger partial charge in [0.25, 0.3) is 0 Å². The first-order valence-corrected chi connectivity index (χ1v) is 6.74. The minimum absolute atomic E-state index is 0.259. The lowest BCUT2D eigenvalue weighted by Crippen LogP contribution is -2.30. The fourth-order valence-corrected chi connectivity index (χ4v) is 2.19. The highest BCUT2D eigenvalue weighted by Gasteiger charge is 2.30. The Labute approximate surface area is 117 Å². The molecule has 1 aliphatic heterocycles. The van der Waals surface area contributed by atoms with E-state index in [9.17, 15) is 5.11 Å². The Kier molecular flexibility index (Phi) is 3.58. The Morgan fingerprint density at radius 1 is 1.37 bits per heavy atom. The normalized spacial score (nSPS) is 23.5. The van der Waals surface area contributed by atoms with Crippen LogP contribution < -0.4 is 0 Å². The molecular weight excluding hydrogens is 314 g/mol. The van der Waals surface area contributed by atoms with Crippen molar-refractivity contribution < 1.29 is 14.4 Å². The van der Waals surface area contributed by atoms with E-state index in [1.54, 1.807) is 12.3 Å². The number of pyridine rings is 1. The summed E-state index contributed by atoms with van der Waals surface area (Å²) in [5.41, 5.74) is 0.629. The Balaban J connectivity index is 1.84. The molecule has 1 saturated heterocycles. The number of halogens is 1. The lowest BCUT2D eigenvalue weighted by Gasteiger charge is -2.24. The molecule has 1 fully saturated rings. The molecule has 2 unspecified atom stereocenters. The SMILES string of the molecule is OC1CCOCC1c1nc(-c2ccc(Br)cn2)no1. The molecule has 100 valence electrons. The minimum atomic E-state index is -0.500. The van der Waals surface area contributed by atoms with Gasteiger partial charge < -0.3 is 14.4 Å². The standard InChI is InChI=1S/C12H12BrN3O3/c13-7-1-2-9(14-5-7)11-15-12(19-16-11)8-6-18-4-3-10(8)17/h1-2,5,8,10,17H,3-4,6H2. The van der Waals surface area contributed by atoms with Crippen molar-refractivity contribution in [3.05, 3.63) is 28.7 Å². The predicted octanol–water partition coefficient (Wildman–Crippen LogP) is 1.76. The van der Waals surface area contributed by atoms with Gasteiger partial charge in [0, 0.05) is 17.3 Å². The number of aliphatic hydroxyl groups is 1. The van der Waals surface area contributed by atoms with Crippen molar-refractivity contribution in [2.45, 2.75) is 18.4 Å². The summed E-state index contributed by atoms with van der Waals surface area (Å²) in [6, 6.07) is 3.66. The average Bonchev–Trinajstić information content (AvgIpc) is 2.89. The summed E-state index contributed by atoms with van der Waals surface area (Å²) < 4.78 is 11.4. The second kappa shape index (κ2) is 5.36. The summed E-state index contributed by atoms with van der Waals surface area (Å²) in [4.78, 5) is 8.49. The van der Waals surface area contributed by atoms with Gasteiger partial charge in [-0.25, -0.2) is 0 Å². The number of aromatic nitrogens is 3. The molecule has 3 heterocycles. The second-order valence-electron chi connectivity index (χ2n) is 4.36. The molecule has 2 atom stereocenters. The van der Waals surface area contributed by atoms with E-state index in [-0.39, 0.29) is 5.92 Å². The molecule has 2 aromatic rings. The number of rotatable bonds is 2. The fraction of sp³-hybridized carbons (Fsp3) is 0.417. The molecule has 19 heavy (non-hydrogen) atoms. The molecule has 0 aliphatic carbocycles. The van der Waals surface area contributed by atoms with Crippen LogP contribution in [0.15, 0.2) is 27.3 Å². The van der Waals surface area contributed by atoms with E-state index in [1.807, 2.05) is 6.07 Å². The van der Waals surface area contributed by atoms with Gasteiger partial charge in [0.15, 0.2) is 0 Å². The van der Waals surface area contributed by atoms with Gasteiger partial charge in [-0.3, -0.25) is 4.98 Å². The summed E-state index contributed by atoms with van der Waals surface area (Å²) >= 11 is 3.32. The monoisotopic (exact) mass is 325 g/mol. The van der Waals surface area contributed by atoms with Crippen LogP contribution in [0.4, 0.5) is 0 Å². The van der Waals surface area contributed by atoms with Crippen molar-refractivity contribution in [1.82, 2.24) is 15.1 Å². The molecule has 0 aromatic carbocycles. The number of nitrogens with zero attached hydrogens (tertiary/aromatic N) is 3. The zero-order valence-electron chi connectivity index (χ0n) is 9.99. The maximum Gasteiger partial charge on any atom is 0.235 e. The van der Waals surface area contributed by atoms with Gasteiger partial charge in [-0.2, -0.15) is 4.98 Å². The van der Waals surface area contributed by atoms with Crippen LogP contribution in [0.1, 0.15) is 18.2 Å². The van der Waals surface area contributed by atoms with Gasteiger partial charge >= 0.3 is 0 Å². The van der Waals surface area contributed by atoms with Crippen LogP contribution in [0, 0.1) is 0 Å². The molecule has 1 N–H and O–H groups in total. The molecule has 7 heteroatoms. The Morgan fingerprint density at radius 3 is 3.00 bits per heavy atom. The Morgan fingerprint density at radius 2 is 2.26 bits per heavy atom. The van der Waals surface area contributed by atoms with Crippen LogP contribution >= 0.6 is 15.9 Å². The summed E-state index contributed by atoms with van der Waals surface area (Å²) in [5.74, 6) is 0.553. The van der Waals surface area contributed by atoms with Crippen molar-refractivity contribution in [2.24, 2.45) is 0 Å². The van der Waals surface area contributed by atoms with Gasteiger partial charge in [0.1, 0.15) is 5.69 Å². The zero-order valence-corrected chi connectivity index (χ0v) is 11.6. The maximum absolute atomic E-state index is 9.91. The average molecular weight is 326 g/mol. The molecule has 0 amide bonds. The van der Waals surface area contributed by atoms with Crippen molar-refractivity contribution in [3.8, 4) is 11.5 Å². The first-order valence-electron chi connectivity index (χ1n) is 5.95. The molecular formula is C12H12BrN3O3. The predicted molar refractivity (Wildman–Crippen MR) is 69.4 cm³/mol. The van der Waals surface area contributed by atoms with Crippen LogP contribution in [0.3, 0.4) is 0 Å². The van der Waals surface area contributed by atoms with Gasteiger partial charge in [-0.1, -0.05) is 5.16 Å². The van der Waals surface area contributed by atoms with Crippen molar-refractivity contribution in [1.29, 1.82) is 0 Å². The van der Waals surface area contributed by atoms with Gasteiger partial charge in [0.05, 0.1) is 18.6 Å². The molecule has 0 saturated carbocycles. The number of hydrogen-bond donors (Lipinski definition) is 1. The lowest BCUT2D eigenvalue weighted by atomic mass is 9.99. The highest BCUT2D eigenvalue weighted by molar-refractivity contribution is 9.10. The lowest BCUT2D eigenvalue weighted by molar-refractivity contribution is -0.0149. The van der Waals surface area contributed by atoms with E-state index in [1.165, 1.54) is 0 Å². The molecule has 0 bridgehead atoms. The van der Waals surface area contributed by atoms with E-state index >= 15 is 0 Å². The van der Waals surface area contributed by atoms with E-state index in [0.717, 1.165) is 4.47 Å². The molecule has 1 aliphatic rings. The summed E-state index contributed by atoms with van der Waals surface area (Å²) in [5, 5.41) is 13.8. The summed E-state index contributed by atoms with van der Waals surface area (Å²) in [6.07, 6.45) is 1.75. The maximum atomic E-state index is 9.91. The molecule has 3 rings (SSSR count). The first-order chi connectivity index (χ1) is 9.24.